The van der Waals surface area contributed by atoms with Crippen LogP contribution in [-0.4, -0.2) is 11.0 Å². The Kier molecular flexibility index (Phi) is 2.46. The second-order valence-corrected chi connectivity index (χ2v) is 3.55. The van der Waals surface area contributed by atoms with E-state index in [4.69, 9.17) is 4.74 Å². The van der Waals surface area contributed by atoms with Crippen molar-refractivity contribution in [2.24, 2.45) is 0 Å². The third-order valence-corrected chi connectivity index (χ3v) is 2.45. The first-order valence-electron chi connectivity index (χ1n) is 4.88. The summed E-state index contributed by atoms with van der Waals surface area (Å²) in [6.45, 7) is 3.74. The van der Waals surface area contributed by atoms with E-state index in [2.05, 4.69) is 4.98 Å². The molecular weight excluding hydrogens is 190 g/mol. The molecule has 78 valence electrons. The Morgan fingerprint density at radius 1 is 1.40 bits per heavy atom. The van der Waals surface area contributed by atoms with Crippen molar-refractivity contribution in [3.8, 4) is 0 Å². The minimum Gasteiger partial charge on any atom is -0.461 e. The fourth-order valence-electron chi connectivity index (χ4n) is 1.69. The summed E-state index contributed by atoms with van der Waals surface area (Å²) in [4.78, 5) is 14.0. The molecule has 2 aromatic rings. The van der Waals surface area contributed by atoms with E-state index in [0.29, 0.717) is 6.61 Å². The van der Waals surface area contributed by atoms with Crippen molar-refractivity contribution >= 4 is 16.9 Å². The normalized spacial score (nSPS) is 10.5. The number of aromatic nitrogens is 1. The van der Waals surface area contributed by atoms with Gasteiger partial charge in [0, 0.05) is 29.1 Å². The zero-order valence-corrected chi connectivity index (χ0v) is 8.83. The maximum Gasteiger partial charge on any atom is 0.302 e. The number of hydrogen-bond acceptors (Lipinski definition) is 2. The van der Waals surface area contributed by atoms with E-state index >= 15 is 0 Å². The highest BCUT2D eigenvalue weighted by Gasteiger charge is 2.08. The number of nitrogens with one attached hydrogen (secondary N) is 1. The molecule has 0 atom stereocenters. The Morgan fingerprint density at radius 3 is 2.87 bits per heavy atom. The zero-order valence-electron chi connectivity index (χ0n) is 8.83. The maximum atomic E-state index is 10.8. The van der Waals surface area contributed by atoms with Crippen molar-refractivity contribution in [1.82, 2.24) is 4.98 Å². The minimum absolute atomic E-state index is 0.250. The van der Waals surface area contributed by atoms with Crippen molar-refractivity contribution in [3.63, 3.8) is 0 Å². The highest BCUT2D eigenvalue weighted by atomic mass is 16.5. The van der Waals surface area contributed by atoms with Crippen LogP contribution in [0, 0.1) is 6.92 Å². The van der Waals surface area contributed by atoms with Gasteiger partial charge in [-0.3, -0.25) is 4.79 Å². The average Bonchev–Trinajstić information content (AvgIpc) is 2.50. The standard InChI is InChI=1S/C12H13NO2/c1-8-11(7-15-9(2)14)10-5-3-4-6-12(10)13-8/h3-6,13H,7H2,1-2H3. The molecule has 0 aliphatic carbocycles. The van der Waals surface area contributed by atoms with Crippen LogP contribution < -0.4 is 0 Å². The number of carbonyl (C=O) groups excluding carboxylic acids is 1. The minimum atomic E-state index is -0.250. The Hall–Kier alpha value is -1.77. The monoisotopic (exact) mass is 203 g/mol. The van der Waals surface area contributed by atoms with Crippen molar-refractivity contribution in [2.75, 3.05) is 0 Å². The molecule has 0 saturated heterocycles. The first kappa shape index (κ1) is 9.77. The Labute approximate surface area is 88.1 Å². The van der Waals surface area contributed by atoms with Crippen LogP contribution in [-0.2, 0) is 16.1 Å². The molecule has 2 rings (SSSR count). The lowest BCUT2D eigenvalue weighted by Gasteiger charge is -2.01. The molecule has 0 amide bonds. The predicted octanol–water partition coefficient (Wildman–Crippen LogP) is 2.54. The SMILES string of the molecule is CC(=O)OCc1c(C)[nH]c2ccccc12. The molecule has 0 radical (unpaired) electrons. The van der Waals surface area contributed by atoms with Gasteiger partial charge in [-0.2, -0.15) is 0 Å². The molecule has 0 unspecified atom stereocenters. The van der Waals surface area contributed by atoms with E-state index in [9.17, 15) is 4.79 Å². The van der Waals surface area contributed by atoms with Crippen LogP contribution in [0.4, 0.5) is 0 Å². The molecule has 1 heterocycles. The van der Waals surface area contributed by atoms with Gasteiger partial charge in [-0.15, -0.1) is 0 Å². The lowest BCUT2D eigenvalue weighted by atomic mass is 10.1. The Bertz CT molecular complexity index is 499. The van der Waals surface area contributed by atoms with Crippen LogP contribution in [0.3, 0.4) is 0 Å². The van der Waals surface area contributed by atoms with Crippen LogP contribution in [0.25, 0.3) is 10.9 Å². The van der Waals surface area contributed by atoms with Gasteiger partial charge in [0.25, 0.3) is 0 Å². The molecule has 1 aromatic carbocycles. The van der Waals surface area contributed by atoms with E-state index in [1.54, 1.807) is 0 Å². The summed E-state index contributed by atoms with van der Waals surface area (Å²) in [5, 5.41) is 1.12. The lowest BCUT2D eigenvalue weighted by Crippen LogP contribution is -1.99. The molecule has 1 aromatic heterocycles. The second-order valence-electron chi connectivity index (χ2n) is 3.55. The van der Waals surface area contributed by atoms with Crippen molar-refractivity contribution in [1.29, 1.82) is 0 Å². The molecule has 15 heavy (non-hydrogen) atoms. The van der Waals surface area contributed by atoms with Gasteiger partial charge >= 0.3 is 5.97 Å². The maximum absolute atomic E-state index is 10.8. The highest BCUT2D eigenvalue weighted by Crippen LogP contribution is 2.22. The van der Waals surface area contributed by atoms with Crippen molar-refractivity contribution in [2.45, 2.75) is 20.5 Å². The van der Waals surface area contributed by atoms with Crippen LogP contribution >= 0.6 is 0 Å². The first-order valence-corrected chi connectivity index (χ1v) is 4.88. The van der Waals surface area contributed by atoms with Crippen molar-refractivity contribution < 1.29 is 9.53 Å². The molecule has 3 heteroatoms. The Morgan fingerprint density at radius 2 is 2.13 bits per heavy atom. The number of para-hydroxylation sites is 1. The smallest absolute Gasteiger partial charge is 0.302 e. The third kappa shape index (κ3) is 1.86. The number of H-pyrrole nitrogens is 1. The van der Waals surface area contributed by atoms with E-state index in [1.165, 1.54) is 6.92 Å². The number of fused-ring (bicyclic) bond motifs is 1. The molecule has 0 bridgehead atoms. The van der Waals surface area contributed by atoms with Gasteiger partial charge in [-0.05, 0) is 13.0 Å². The number of esters is 1. The van der Waals surface area contributed by atoms with E-state index in [1.807, 2.05) is 31.2 Å². The molecule has 0 fully saturated rings. The third-order valence-electron chi connectivity index (χ3n) is 2.45. The topological polar surface area (TPSA) is 42.1 Å². The number of rotatable bonds is 2. The molecule has 0 saturated carbocycles. The first-order chi connectivity index (χ1) is 7.18. The fraction of sp³-hybridized carbons (Fsp3) is 0.250. The summed E-state index contributed by atoms with van der Waals surface area (Å²) < 4.78 is 5.02. The van der Waals surface area contributed by atoms with Gasteiger partial charge in [-0.25, -0.2) is 0 Å². The second kappa shape index (κ2) is 3.77. The van der Waals surface area contributed by atoms with E-state index in [0.717, 1.165) is 22.2 Å². The predicted molar refractivity (Wildman–Crippen MR) is 58.5 cm³/mol. The van der Waals surface area contributed by atoms with Crippen molar-refractivity contribution in [3.05, 3.63) is 35.5 Å². The fourth-order valence-corrected chi connectivity index (χ4v) is 1.69. The van der Waals surface area contributed by atoms with E-state index < -0.39 is 0 Å². The zero-order chi connectivity index (χ0) is 10.8. The highest BCUT2D eigenvalue weighted by molar-refractivity contribution is 5.84. The summed E-state index contributed by atoms with van der Waals surface area (Å²) >= 11 is 0. The number of benzene rings is 1. The number of carbonyl (C=O) groups is 1. The van der Waals surface area contributed by atoms with Gasteiger partial charge in [0.1, 0.15) is 6.61 Å². The summed E-state index contributed by atoms with van der Waals surface area (Å²) in [7, 11) is 0. The summed E-state index contributed by atoms with van der Waals surface area (Å²) in [6, 6.07) is 8.00. The molecule has 0 aliphatic heterocycles. The summed E-state index contributed by atoms with van der Waals surface area (Å²) in [5.41, 5.74) is 3.19. The molecule has 0 spiro atoms. The quantitative estimate of drug-likeness (QED) is 0.762. The Balaban J connectivity index is 2.40. The van der Waals surface area contributed by atoms with Gasteiger partial charge in [0.05, 0.1) is 0 Å². The largest absolute Gasteiger partial charge is 0.461 e. The molecule has 0 aliphatic rings. The van der Waals surface area contributed by atoms with E-state index in [-0.39, 0.29) is 5.97 Å². The van der Waals surface area contributed by atoms with Crippen LogP contribution in [0.2, 0.25) is 0 Å². The molecular formula is C12H13NO2. The number of hydrogen-bond donors (Lipinski definition) is 1. The van der Waals surface area contributed by atoms with Crippen LogP contribution in [0.5, 0.6) is 0 Å². The summed E-state index contributed by atoms with van der Waals surface area (Å²) in [5.74, 6) is -0.250. The summed E-state index contributed by atoms with van der Waals surface area (Å²) in [6.07, 6.45) is 0. The van der Waals surface area contributed by atoms with Crippen LogP contribution in [0.1, 0.15) is 18.2 Å². The molecule has 3 nitrogen and oxygen atoms in total. The van der Waals surface area contributed by atoms with Gasteiger partial charge in [0.2, 0.25) is 0 Å². The number of aryl methyl sites for hydroxylation is 1. The van der Waals surface area contributed by atoms with Gasteiger partial charge < -0.3 is 9.72 Å². The molecule has 1 N–H and O–H groups in total. The number of ether oxygens (including phenoxy) is 1. The lowest BCUT2D eigenvalue weighted by molar-refractivity contribution is -0.142. The number of aromatic amines is 1. The van der Waals surface area contributed by atoms with Gasteiger partial charge in [0.15, 0.2) is 0 Å². The van der Waals surface area contributed by atoms with Gasteiger partial charge in [-0.1, -0.05) is 18.2 Å². The average molecular weight is 203 g/mol. The van der Waals surface area contributed by atoms with Crippen LogP contribution in [0.15, 0.2) is 24.3 Å².